The number of furan rings is 1. The Bertz CT molecular complexity index is 399. The SMILES string of the molecule is CCN(Cc1ccoc1CNC(C)(C)C)C1CCCC1. The van der Waals surface area contributed by atoms with Crippen LogP contribution in [0.1, 0.15) is 64.7 Å². The molecule has 3 nitrogen and oxygen atoms in total. The molecule has 1 fully saturated rings. The molecule has 2 rings (SSSR count). The average molecular weight is 278 g/mol. The summed E-state index contributed by atoms with van der Waals surface area (Å²) in [5.74, 6) is 1.09. The summed E-state index contributed by atoms with van der Waals surface area (Å²) in [4.78, 5) is 2.61. The van der Waals surface area contributed by atoms with Gasteiger partial charge in [-0.2, -0.15) is 0 Å². The van der Waals surface area contributed by atoms with Crippen molar-refractivity contribution < 1.29 is 4.42 Å². The summed E-state index contributed by atoms with van der Waals surface area (Å²) in [6.45, 7) is 11.8. The van der Waals surface area contributed by atoms with Crippen LogP contribution in [0.5, 0.6) is 0 Å². The van der Waals surface area contributed by atoms with E-state index >= 15 is 0 Å². The highest BCUT2D eigenvalue weighted by Crippen LogP contribution is 2.25. The topological polar surface area (TPSA) is 28.4 Å². The molecule has 0 atom stereocenters. The molecule has 1 aliphatic carbocycles. The summed E-state index contributed by atoms with van der Waals surface area (Å²) >= 11 is 0. The first-order chi connectivity index (χ1) is 9.49. The van der Waals surface area contributed by atoms with Gasteiger partial charge in [0.2, 0.25) is 0 Å². The number of hydrogen-bond donors (Lipinski definition) is 1. The predicted octanol–water partition coefficient (Wildman–Crippen LogP) is 3.93. The van der Waals surface area contributed by atoms with E-state index in [-0.39, 0.29) is 5.54 Å². The van der Waals surface area contributed by atoms with Crippen molar-refractivity contribution in [2.45, 2.75) is 78.0 Å². The van der Waals surface area contributed by atoms with Crippen LogP contribution in [0.3, 0.4) is 0 Å². The minimum Gasteiger partial charge on any atom is -0.468 e. The van der Waals surface area contributed by atoms with Crippen LogP contribution in [0, 0.1) is 0 Å². The molecule has 0 bridgehead atoms. The molecule has 1 saturated carbocycles. The van der Waals surface area contributed by atoms with Crippen LogP contribution in [-0.2, 0) is 13.1 Å². The molecule has 1 heterocycles. The number of hydrogen-bond acceptors (Lipinski definition) is 3. The summed E-state index contributed by atoms with van der Waals surface area (Å²) in [6.07, 6.45) is 7.34. The van der Waals surface area contributed by atoms with Gasteiger partial charge >= 0.3 is 0 Å². The maximum absolute atomic E-state index is 5.68. The molecule has 1 N–H and O–H groups in total. The van der Waals surface area contributed by atoms with Gasteiger partial charge in [-0.25, -0.2) is 0 Å². The molecule has 20 heavy (non-hydrogen) atoms. The number of nitrogens with one attached hydrogen (secondary N) is 1. The molecule has 1 aromatic heterocycles. The zero-order valence-electron chi connectivity index (χ0n) is 13.5. The lowest BCUT2D eigenvalue weighted by atomic mass is 10.1. The van der Waals surface area contributed by atoms with Crippen molar-refractivity contribution in [1.29, 1.82) is 0 Å². The van der Waals surface area contributed by atoms with Gasteiger partial charge in [-0.1, -0.05) is 19.8 Å². The third-order valence-electron chi connectivity index (χ3n) is 4.24. The molecule has 0 aliphatic heterocycles. The fraction of sp³-hybridized carbons (Fsp3) is 0.765. The van der Waals surface area contributed by atoms with Gasteiger partial charge < -0.3 is 9.73 Å². The van der Waals surface area contributed by atoms with Crippen molar-refractivity contribution in [2.75, 3.05) is 6.54 Å². The van der Waals surface area contributed by atoms with E-state index in [1.54, 1.807) is 0 Å². The molecule has 1 aromatic rings. The van der Waals surface area contributed by atoms with Gasteiger partial charge in [-0.15, -0.1) is 0 Å². The summed E-state index contributed by atoms with van der Waals surface area (Å²) in [7, 11) is 0. The summed E-state index contributed by atoms with van der Waals surface area (Å²) in [5, 5.41) is 3.51. The van der Waals surface area contributed by atoms with E-state index < -0.39 is 0 Å². The Morgan fingerprint density at radius 1 is 1.30 bits per heavy atom. The number of nitrogens with zero attached hydrogens (tertiary/aromatic N) is 1. The Morgan fingerprint density at radius 2 is 2.00 bits per heavy atom. The fourth-order valence-corrected chi connectivity index (χ4v) is 3.00. The Labute approximate surface area is 123 Å². The van der Waals surface area contributed by atoms with E-state index in [9.17, 15) is 0 Å². The standard InChI is InChI=1S/C17H30N2O/c1-5-19(15-8-6-7-9-15)13-14-10-11-20-16(14)12-18-17(2,3)4/h10-11,15,18H,5-9,12-13H2,1-4H3. The van der Waals surface area contributed by atoms with E-state index in [0.29, 0.717) is 0 Å². The summed E-state index contributed by atoms with van der Waals surface area (Å²) in [5.41, 5.74) is 1.47. The van der Waals surface area contributed by atoms with Crippen molar-refractivity contribution in [2.24, 2.45) is 0 Å². The highest BCUT2D eigenvalue weighted by Gasteiger charge is 2.22. The third-order valence-corrected chi connectivity index (χ3v) is 4.24. The van der Waals surface area contributed by atoms with Crippen LogP contribution < -0.4 is 5.32 Å². The van der Waals surface area contributed by atoms with Crippen LogP contribution in [0.25, 0.3) is 0 Å². The van der Waals surface area contributed by atoms with Crippen molar-refractivity contribution >= 4 is 0 Å². The van der Waals surface area contributed by atoms with Crippen LogP contribution in [0.4, 0.5) is 0 Å². The molecule has 0 spiro atoms. The first kappa shape index (κ1) is 15.6. The van der Waals surface area contributed by atoms with Gasteiger partial charge in [-0.3, -0.25) is 4.90 Å². The van der Waals surface area contributed by atoms with E-state index in [1.807, 2.05) is 6.26 Å². The highest BCUT2D eigenvalue weighted by atomic mass is 16.3. The average Bonchev–Trinajstić information content (AvgIpc) is 3.03. The Kier molecular flexibility index (Phi) is 5.28. The molecule has 0 unspecified atom stereocenters. The Hall–Kier alpha value is -0.800. The Balaban J connectivity index is 1.96. The van der Waals surface area contributed by atoms with Crippen LogP contribution >= 0.6 is 0 Å². The normalized spacial score (nSPS) is 17.2. The monoisotopic (exact) mass is 278 g/mol. The lowest BCUT2D eigenvalue weighted by Crippen LogP contribution is -2.36. The van der Waals surface area contributed by atoms with E-state index in [2.05, 4.69) is 44.0 Å². The largest absolute Gasteiger partial charge is 0.468 e. The van der Waals surface area contributed by atoms with Crippen LogP contribution in [-0.4, -0.2) is 23.0 Å². The summed E-state index contributed by atoms with van der Waals surface area (Å²) < 4.78 is 5.68. The van der Waals surface area contributed by atoms with Crippen LogP contribution in [0.2, 0.25) is 0 Å². The maximum Gasteiger partial charge on any atom is 0.122 e. The van der Waals surface area contributed by atoms with Gasteiger partial charge in [-0.05, 0) is 46.2 Å². The molecular weight excluding hydrogens is 248 g/mol. The molecule has 1 aliphatic rings. The summed E-state index contributed by atoms with van der Waals surface area (Å²) in [6, 6.07) is 2.91. The van der Waals surface area contributed by atoms with Crippen LogP contribution in [0.15, 0.2) is 16.7 Å². The van der Waals surface area contributed by atoms with Crippen molar-refractivity contribution in [3.05, 3.63) is 23.7 Å². The number of rotatable bonds is 6. The zero-order valence-corrected chi connectivity index (χ0v) is 13.5. The first-order valence-electron chi connectivity index (χ1n) is 8.04. The predicted molar refractivity (Wildman–Crippen MR) is 83.6 cm³/mol. The second kappa shape index (κ2) is 6.77. The molecule has 0 saturated heterocycles. The second-order valence-electron chi connectivity index (χ2n) is 6.97. The van der Waals surface area contributed by atoms with Gasteiger partial charge in [0.05, 0.1) is 12.8 Å². The molecular formula is C17H30N2O. The minimum atomic E-state index is 0.125. The third kappa shape index (κ3) is 4.35. The Morgan fingerprint density at radius 3 is 2.60 bits per heavy atom. The lowest BCUT2D eigenvalue weighted by molar-refractivity contribution is 0.198. The molecule has 114 valence electrons. The van der Waals surface area contributed by atoms with Gasteiger partial charge in [0.25, 0.3) is 0 Å². The van der Waals surface area contributed by atoms with E-state index in [1.165, 1.54) is 31.2 Å². The van der Waals surface area contributed by atoms with E-state index in [0.717, 1.165) is 31.4 Å². The molecule has 0 aromatic carbocycles. The first-order valence-corrected chi connectivity index (χ1v) is 8.04. The van der Waals surface area contributed by atoms with Crippen molar-refractivity contribution in [1.82, 2.24) is 10.2 Å². The quantitative estimate of drug-likeness (QED) is 0.854. The van der Waals surface area contributed by atoms with E-state index in [4.69, 9.17) is 4.42 Å². The molecule has 3 heteroatoms. The molecule has 0 amide bonds. The second-order valence-corrected chi connectivity index (χ2v) is 6.97. The smallest absolute Gasteiger partial charge is 0.122 e. The van der Waals surface area contributed by atoms with Gasteiger partial charge in [0.1, 0.15) is 5.76 Å². The van der Waals surface area contributed by atoms with Crippen molar-refractivity contribution in [3.63, 3.8) is 0 Å². The van der Waals surface area contributed by atoms with Gasteiger partial charge in [0.15, 0.2) is 0 Å². The zero-order chi connectivity index (χ0) is 14.6. The maximum atomic E-state index is 5.68. The minimum absolute atomic E-state index is 0.125. The highest BCUT2D eigenvalue weighted by molar-refractivity contribution is 5.17. The van der Waals surface area contributed by atoms with Gasteiger partial charge in [0, 0.05) is 23.7 Å². The molecule has 0 radical (unpaired) electrons. The fourth-order valence-electron chi connectivity index (χ4n) is 3.00. The van der Waals surface area contributed by atoms with Crippen molar-refractivity contribution in [3.8, 4) is 0 Å². The lowest BCUT2D eigenvalue weighted by Gasteiger charge is -2.27.